The number of nitrogens with zero attached hydrogens (tertiary/aromatic N) is 1. The summed E-state index contributed by atoms with van der Waals surface area (Å²) < 4.78 is 0. The SMILES string of the molecule is CC[C@H](C)[C@H](NC(=O)[C@@H](N)Cc1c[nH]cn1)C(=O)O. The van der Waals surface area contributed by atoms with E-state index in [0.29, 0.717) is 12.1 Å². The maximum absolute atomic E-state index is 11.9. The van der Waals surface area contributed by atoms with Crippen molar-refractivity contribution in [2.24, 2.45) is 11.7 Å². The van der Waals surface area contributed by atoms with Gasteiger partial charge in [-0.05, 0) is 5.92 Å². The summed E-state index contributed by atoms with van der Waals surface area (Å²) in [5.41, 5.74) is 6.40. The number of aliphatic carboxylic acids is 1. The van der Waals surface area contributed by atoms with Gasteiger partial charge in [0.15, 0.2) is 0 Å². The fourth-order valence-corrected chi connectivity index (χ4v) is 1.66. The molecule has 1 amide bonds. The second kappa shape index (κ2) is 6.89. The molecule has 0 saturated carbocycles. The van der Waals surface area contributed by atoms with Crippen LogP contribution in [0.15, 0.2) is 12.5 Å². The van der Waals surface area contributed by atoms with Gasteiger partial charge in [-0.2, -0.15) is 0 Å². The van der Waals surface area contributed by atoms with E-state index < -0.39 is 24.0 Å². The number of nitrogens with one attached hydrogen (secondary N) is 2. The Balaban J connectivity index is 2.58. The van der Waals surface area contributed by atoms with Gasteiger partial charge in [-0.25, -0.2) is 9.78 Å². The maximum Gasteiger partial charge on any atom is 0.326 e. The first kappa shape index (κ1) is 15.2. The number of carbonyl (C=O) groups excluding carboxylic acids is 1. The molecule has 1 heterocycles. The Labute approximate surface area is 111 Å². The van der Waals surface area contributed by atoms with Gasteiger partial charge in [0.25, 0.3) is 0 Å². The predicted octanol–water partition coefficient (Wildman–Crippen LogP) is -0.105. The lowest BCUT2D eigenvalue weighted by Crippen LogP contribution is -2.51. The van der Waals surface area contributed by atoms with Gasteiger partial charge in [0.1, 0.15) is 6.04 Å². The van der Waals surface area contributed by atoms with Crippen LogP contribution in [0.3, 0.4) is 0 Å². The molecule has 0 aliphatic heterocycles. The molecule has 0 saturated heterocycles. The average Bonchev–Trinajstić information content (AvgIpc) is 2.86. The van der Waals surface area contributed by atoms with Gasteiger partial charge >= 0.3 is 5.97 Å². The second-order valence-corrected chi connectivity index (χ2v) is 4.58. The largest absolute Gasteiger partial charge is 0.480 e. The van der Waals surface area contributed by atoms with E-state index in [1.54, 1.807) is 13.1 Å². The van der Waals surface area contributed by atoms with Crippen LogP contribution in [-0.4, -0.2) is 39.0 Å². The fraction of sp³-hybridized carbons (Fsp3) is 0.583. The summed E-state index contributed by atoms with van der Waals surface area (Å²) in [4.78, 5) is 29.7. The number of aromatic amines is 1. The molecule has 0 radical (unpaired) electrons. The highest BCUT2D eigenvalue weighted by atomic mass is 16.4. The Hall–Kier alpha value is -1.89. The van der Waals surface area contributed by atoms with Crippen molar-refractivity contribution in [1.29, 1.82) is 0 Å². The molecular formula is C12H20N4O3. The first-order chi connectivity index (χ1) is 8.95. The van der Waals surface area contributed by atoms with Crippen molar-refractivity contribution < 1.29 is 14.7 Å². The number of imidazole rings is 1. The quantitative estimate of drug-likeness (QED) is 0.550. The zero-order valence-corrected chi connectivity index (χ0v) is 11.1. The van der Waals surface area contributed by atoms with Crippen LogP contribution in [0.2, 0.25) is 0 Å². The van der Waals surface area contributed by atoms with Gasteiger partial charge in [0, 0.05) is 12.6 Å². The van der Waals surface area contributed by atoms with Crippen LogP contribution >= 0.6 is 0 Å². The summed E-state index contributed by atoms with van der Waals surface area (Å²) in [5, 5.41) is 11.6. The van der Waals surface area contributed by atoms with Crippen LogP contribution < -0.4 is 11.1 Å². The van der Waals surface area contributed by atoms with Crippen LogP contribution in [0.25, 0.3) is 0 Å². The van der Waals surface area contributed by atoms with Crippen molar-refractivity contribution >= 4 is 11.9 Å². The number of nitrogens with two attached hydrogens (primary N) is 1. The van der Waals surface area contributed by atoms with Crippen molar-refractivity contribution in [3.05, 3.63) is 18.2 Å². The summed E-state index contributed by atoms with van der Waals surface area (Å²) >= 11 is 0. The van der Waals surface area contributed by atoms with Crippen LogP contribution in [0.5, 0.6) is 0 Å². The lowest BCUT2D eigenvalue weighted by atomic mass is 9.98. The molecule has 106 valence electrons. The van der Waals surface area contributed by atoms with Crippen LogP contribution in [0, 0.1) is 5.92 Å². The van der Waals surface area contributed by atoms with Crippen molar-refractivity contribution in [1.82, 2.24) is 15.3 Å². The summed E-state index contributed by atoms with van der Waals surface area (Å²) in [6, 6.07) is -1.73. The number of hydrogen-bond acceptors (Lipinski definition) is 4. The number of rotatable bonds is 7. The summed E-state index contributed by atoms with van der Waals surface area (Å²) in [6.07, 6.45) is 4.07. The second-order valence-electron chi connectivity index (χ2n) is 4.58. The van der Waals surface area contributed by atoms with Crippen molar-refractivity contribution in [2.45, 2.75) is 38.8 Å². The van der Waals surface area contributed by atoms with Crippen molar-refractivity contribution in [3.63, 3.8) is 0 Å². The number of amides is 1. The highest BCUT2D eigenvalue weighted by Gasteiger charge is 2.27. The molecule has 0 aliphatic rings. The van der Waals surface area contributed by atoms with Gasteiger partial charge < -0.3 is 21.1 Å². The number of aromatic nitrogens is 2. The zero-order valence-electron chi connectivity index (χ0n) is 11.1. The first-order valence-electron chi connectivity index (χ1n) is 6.22. The number of H-pyrrole nitrogens is 1. The maximum atomic E-state index is 11.9. The highest BCUT2D eigenvalue weighted by molar-refractivity contribution is 5.87. The van der Waals surface area contributed by atoms with Gasteiger partial charge in [-0.1, -0.05) is 20.3 Å². The summed E-state index contributed by atoms with van der Waals surface area (Å²) in [6.45, 7) is 3.65. The molecule has 1 rings (SSSR count). The molecule has 0 bridgehead atoms. The van der Waals surface area contributed by atoms with Crippen LogP contribution in [0.1, 0.15) is 26.0 Å². The molecular weight excluding hydrogens is 248 g/mol. The Bertz CT molecular complexity index is 419. The predicted molar refractivity (Wildman–Crippen MR) is 69.3 cm³/mol. The molecule has 19 heavy (non-hydrogen) atoms. The monoisotopic (exact) mass is 268 g/mol. The lowest BCUT2D eigenvalue weighted by molar-refractivity contribution is -0.143. The third-order valence-electron chi connectivity index (χ3n) is 3.10. The average molecular weight is 268 g/mol. The third-order valence-corrected chi connectivity index (χ3v) is 3.10. The Morgan fingerprint density at radius 1 is 1.58 bits per heavy atom. The molecule has 0 spiro atoms. The molecule has 5 N–H and O–H groups in total. The van der Waals surface area contributed by atoms with Crippen LogP contribution in [-0.2, 0) is 16.0 Å². The van der Waals surface area contributed by atoms with Crippen molar-refractivity contribution in [2.75, 3.05) is 0 Å². The third kappa shape index (κ3) is 4.36. The van der Waals surface area contributed by atoms with E-state index in [1.165, 1.54) is 6.33 Å². The molecule has 0 aliphatic carbocycles. The molecule has 1 aromatic rings. The minimum absolute atomic E-state index is 0.154. The minimum Gasteiger partial charge on any atom is -0.480 e. The topological polar surface area (TPSA) is 121 Å². The van der Waals surface area contributed by atoms with E-state index in [-0.39, 0.29) is 12.3 Å². The smallest absolute Gasteiger partial charge is 0.326 e. The molecule has 0 fully saturated rings. The molecule has 0 unspecified atom stereocenters. The van der Waals surface area contributed by atoms with E-state index in [9.17, 15) is 9.59 Å². The Kier molecular flexibility index (Phi) is 5.50. The lowest BCUT2D eigenvalue weighted by Gasteiger charge is -2.21. The van der Waals surface area contributed by atoms with E-state index in [4.69, 9.17) is 10.8 Å². The summed E-state index contributed by atoms with van der Waals surface area (Å²) in [7, 11) is 0. The molecule has 1 aromatic heterocycles. The van der Waals surface area contributed by atoms with Crippen LogP contribution in [0.4, 0.5) is 0 Å². The minimum atomic E-state index is -1.05. The van der Waals surface area contributed by atoms with E-state index in [0.717, 1.165) is 0 Å². The molecule has 7 heteroatoms. The molecule has 0 aromatic carbocycles. The summed E-state index contributed by atoms with van der Waals surface area (Å²) in [5.74, 6) is -1.68. The first-order valence-corrected chi connectivity index (χ1v) is 6.22. The van der Waals surface area contributed by atoms with E-state index in [2.05, 4.69) is 15.3 Å². The molecule has 7 nitrogen and oxygen atoms in total. The van der Waals surface area contributed by atoms with Gasteiger partial charge in [-0.15, -0.1) is 0 Å². The Morgan fingerprint density at radius 2 is 2.26 bits per heavy atom. The van der Waals surface area contributed by atoms with Gasteiger partial charge in [0.2, 0.25) is 5.91 Å². The van der Waals surface area contributed by atoms with E-state index >= 15 is 0 Å². The van der Waals surface area contributed by atoms with Gasteiger partial charge in [0.05, 0.1) is 18.1 Å². The number of carboxylic acid groups (broad SMARTS) is 1. The molecule has 3 atom stereocenters. The normalized spacial score (nSPS) is 15.5. The standard InChI is InChI=1S/C12H20N4O3/c1-3-7(2)10(12(18)19)16-11(17)9(13)4-8-5-14-6-15-8/h5-7,9-10H,3-4,13H2,1-2H3,(H,14,15)(H,16,17)(H,18,19)/t7-,9-,10-/m0/s1. The van der Waals surface area contributed by atoms with Gasteiger partial charge in [-0.3, -0.25) is 4.79 Å². The van der Waals surface area contributed by atoms with E-state index in [1.807, 2.05) is 6.92 Å². The Morgan fingerprint density at radius 3 is 2.74 bits per heavy atom. The highest BCUT2D eigenvalue weighted by Crippen LogP contribution is 2.08. The fourth-order valence-electron chi connectivity index (χ4n) is 1.66. The van der Waals surface area contributed by atoms with Crippen molar-refractivity contribution in [3.8, 4) is 0 Å². The number of hydrogen-bond donors (Lipinski definition) is 4. The number of carbonyl (C=O) groups is 2. The number of carboxylic acids is 1. The zero-order chi connectivity index (χ0) is 14.4.